The largest absolute Gasteiger partial charge is 0.325 e. The first-order valence-electron chi connectivity index (χ1n) is 6.22. The van der Waals surface area contributed by atoms with E-state index in [-0.39, 0.29) is 11.1 Å². The van der Waals surface area contributed by atoms with Gasteiger partial charge in [0.25, 0.3) is 10.2 Å². The van der Waals surface area contributed by atoms with Crippen LogP contribution in [-0.4, -0.2) is 37.8 Å². The lowest BCUT2D eigenvalue weighted by molar-refractivity contribution is -0.120. The Bertz CT molecular complexity index is 668. The predicted molar refractivity (Wildman–Crippen MR) is 77.7 cm³/mol. The number of carbonyl (C=O) groups is 1. The molecule has 0 saturated carbocycles. The van der Waals surface area contributed by atoms with E-state index in [1.54, 1.807) is 6.92 Å². The van der Waals surface area contributed by atoms with Gasteiger partial charge in [-0.25, -0.2) is 4.39 Å². The average molecular weight is 336 g/mol. The van der Waals surface area contributed by atoms with Crippen LogP contribution in [0.4, 0.5) is 10.1 Å². The van der Waals surface area contributed by atoms with Crippen LogP contribution < -0.4 is 10.0 Å². The van der Waals surface area contributed by atoms with E-state index in [0.29, 0.717) is 12.1 Å². The number of anilines is 1. The Morgan fingerprint density at radius 2 is 2.19 bits per heavy atom. The minimum Gasteiger partial charge on any atom is -0.325 e. The van der Waals surface area contributed by atoms with Crippen LogP contribution in [0.5, 0.6) is 0 Å². The van der Waals surface area contributed by atoms with Gasteiger partial charge in [0.2, 0.25) is 5.91 Å². The number of rotatable bonds is 2. The fraction of sp³-hybridized carbons (Fsp3) is 0.417. The van der Waals surface area contributed by atoms with Crippen molar-refractivity contribution in [1.29, 1.82) is 0 Å². The topological polar surface area (TPSA) is 78.5 Å². The Hall–Kier alpha value is -1.22. The second-order valence-electron chi connectivity index (χ2n) is 4.91. The van der Waals surface area contributed by atoms with Crippen molar-refractivity contribution in [3.8, 4) is 0 Å². The van der Waals surface area contributed by atoms with Gasteiger partial charge in [0.1, 0.15) is 11.9 Å². The van der Waals surface area contributed by atoms with Gasteiger partial charge in [-0.1, -0.05) is 11.6 Å². The third-order valence-electron chi connectivity index (χ3n) is 3.23. The van der Waals surface area contributed by atoms with Crippen LogP contribution in [0.3, 0.4) is 0 Å². The Balaban J connectivity index is 2.17. The van der Waals surface area contributed by atoms with Crippen LogP contribution in [-0.2, 0) is 15.0 Å². The molecular formula is C12H15ClFN3O3S. The number of carbonyl (C=O) groups excluding carboxylic acids is 1. The monoisotopic (exact) mass is 335 g/mol. The van der Waals surface area contributed by atoms with Crippen molar-refractivity contribution in [3.63, 3.8) is 0 Å². The van der Waals surface area contributed by atoms with Crippen molar-refractivity contribution in [1.82, 2.24) is 9.03 Å². The highest BCUT2D eigenvalue weighted by atomic mass is 35.5. The first-order valence-corrected chi connectivity index (χ1v) is 8.03. The van der Waals surface area contributed by atoms with E-state index in [0.717, 1.165) is 10.4 Å². The number of nitrogens with one attached hydrogen (secondary N) is 2. The summed E-state index contributed by atoms with van der Waals surface area (Å²) in [5.41, 5.74) is 0.309. The van der Waals surface area contributed by atoms with Crippen LogP contribution in [0, 0.1) is 5.82 Å². The molecule has 2 unspecified atom stereocenters. The zero-order valence-electron chi connectivity index (χ0n) is 11.4. The maximum Gasteiger partial charge on any atom is 0.280 e. The van der Waals surface area contributed by atoms with Crippen molar-refractivity contribution < 1.29 is 17.6 Å². The molecule has 9 heteroatoms. The van der Waals surface area contributed by atoms with Gasteiger partial charge in [-0.05, 0) is 31.5 Å². The van der Waals surface area contributed by atoms with Crippen molar-refractivity contribution in [2.24, 2.45) is 0 Å². The molecule has 1 aliphatic rings. The molecule has 1 saturated heterocycles. The fourth-order valence-electron chi connectivity index (χ4n) is 2.11. The summed E-state index contributed by atoms with van der Waals surface area (Å²) in [5, 5.41) is 2.43. The quantitative estimate of drug-likeness (QED) is 0.856. The van der Waals surface area contributed by atoms with Crippen molar-refractivity contribution >= 4 is 33.4 Å². The molecule has 1 fully saturated rings. The number of halogens is 2. The summed E-state index contributed by atoms with van der Waals surface area (Å²) in [6.07, 6.45) is 0.330. The van der Waals surface area contributed by atoms with E-state index in [1.165, 1.54) is 19.2 Å². The summed E-state index contributed by atoms with van der Waals surface area (Å²) >= 11 is 5.64. The Kier molecular flexibility index (Phi) is 4.52. The fourth-order valence-corrected chi connectivity index (χ4v) is 3.58. The summed E-state index contributed by atoms with van der Waals surface area (Å²) < 4.78 is 40.1. The number of nitrogens with zero attached hydrogens (tertiary/aromatic N) is 1. The van der Waals surface area contributed by atoms with Crippen LogP contribution in [0.1, 0.15) is 13.3 Å². The van der Waals surface area contributed by atoms with Gasteiger partial charge >= 0.3 is 0 Å². The Morgan fingerprint density at radius 3 is 2.81 bits per heavy atom. The third kappa shape index (κ3) is 3.52. The maximum absolute atomic E-state index is 13.1. The lowest BCUT2D eigenvalue weighted by atomic mass is 10.1. The molecule has 1 aliphatic heterocycles. The molecule has 1 aromatic carbocycles. The predicted octanol–water partition coefficient (Wildman–Crippen LogP) is 1.34. The minimum absolute atomic E-state index is 0.118. The normalized spacial score (nSPS) is 25.5. The van der Waals surface area contributed by atoms with E-state index in [9.17, 15) is 17.6 Å². The molecule has 0 spiro atoms. The van der Waals surface area contributed by atoms with Gasteiger partial charge < -0.3 is 5.32 Å². The van der Waals surface area contributed by atoms with Crippen molar-refractivity contribution in [2.75, 3.05) is 12.4 Å². The number of hydrogen-bond acceptors (Lipinski definition) is 3. The SMILES string of the molecule is CC1CC(C(=O)Nc2ccc(F)c(Cl)c2)N(C)S(=O)(=O)N1. The molecule has 0 aromatic heterocycles. The van der Waals surface area contributed by atoms with Gasteiger partial charge in [-0.3, -0.25) is 4.79 Å². The van der Waals surface area contributed by atoms with E-state index in [1.807, 2.05) is 0 Å². The van der Waals surface area contributed by atoms with Crippen LogP contribution in [0.2, 0.25) is 5.02 Å². The first kappa shape index (κ1) is 16.2. The van der Waals surface area contributed by atoms with E-state index in [4.69, 9.17) is 11.6 Å². The summed E-state index contributed by atoms with van der Waals surface area (Å²) in [4.78, 5) is 12.2. The van der Waals surface area contributed by atoms with Gasteiger partial charge in [0, 0.05) is 18.8 Å². The first-order chi connectivity index (χ1) is 9.70. The molecule has 2 rings (SSSR count). The number of benzene rings is 1. The maximum atomic E-state index is 13.1. The molecule has 0 bridgehead atoms. The molecule has 116 valence electrons. The second kappa shape index (κ2) is 5.88. The number of hydrogen-bond donors (Lipinski definition) is 2. The van der Waals surface area contributed by atoms with Crippen LogP contribution >= 0.6 is 11.6 Å². The molecule has 0 radical (unpaired) electrons. The summed E-state index contributed by atoms with van der Waals surface area (Å²) in [7, 11) is -2.35. The highest BCUT2D eigenvalue weighted by Crippen LogP contribution is 2.22. The van der Waals surface area contributed by atoms with Crippen LogP contribution in [0.15, 0.2) is 18.2 Å². The second-order valence-corrected chi connectivity index (χ2v) is 7.08. The molecular weight excluding hydrogens is 321 g/mol. The smallest absolute Gasteiger partial charge is 0.280 e. The van der Waals surface area contributed by atoms with Crippen molar-refractivity contribution in [2.45, 2.75) is 25.4 Å². The molecule has 6 nitrogen and oxygen atoms in total. The van der Waals surface area contributed by atoms with Gasteiger partial charge in [0.05, 0.1) is 5.02 Å². The van der Waals surface area contributed by atoms with Gasteiger partial charge in [-0.2, -0.15) is 17.4 Å². The summed E-state index contributed by atoms with van der Waals surface area (Å²) in [6.45, 7) is 1.68. The highest BCUT2D eigenvalue weighted by molar-refractivity contribution is 7.87. The standard InChI is InChI=1S/C12H15ClFN3O3S/c1-7-5-11(17(2)21(19,20)16-7)12(18)15-8-3-4-10(14)9(13)6-8/h3-4,6-7,11,16H,5H2,1-2H3,(H,15,18). The molecule has 1 heterocycles. The van der Waals surface area contributed by atoms with Gasteiger partial charge in [0.15, 0.2) is 0 Å². The average Bonchev–Trinajstić information content (AvgIpc) is 2.37. The van der Waals surface area contributed by atoms with Gasteiger partial charge in [-0.15, -0.1) is 0 Å². The molecule has 21 heavy (non-hydrogen) atoms. The zero-order valence-corrected chi connectivity index (χ0v) is 13.0. The summed E-state index contributed by atoms with van der Waals surface area (Å²) in [5.74, 6) is -1.08. The zero-order chi connectivity index (χ0) is 15.8. The van der Waals surface area contributed by atoms with Crippen molar-refractivity contribution in [3.05, 3.63) is 29.0 Å². The molecule has 1 amide bonds. The molecule has 1 aromatic rings. The van der Waals surface area contributed by atoms with E-state index < -0.39 is 28.0 Å². The minimum atomic E-state index is -3.68. The lowest BCUT2D eigenvalue weighted by Gasteiger charge is -2.34. The Labute approximate surface area is 127 Å². The Morgan fingerprint density at radius 1 is 1.52 bits per heavy atom. The molecule has 2 atom stereocenters. The number of likely N-dealkylation sites (N-methyl/N-ethyl adjacent to an activating group) is 1. The van der Waals surface area contributed by atoms with E-state index in [2.05, 4.69) is 10.0 Å². The van der Waals surface area contributed by atoms with E-state index >= 15 is 0 Å². The molecule has 2 N–H and O–H groups in total. The lowest BCUT2D eigenvalue weighted by Crippen LogP contribution is -2.58. The highest BCUT2D eigenvalue weighted by Gasteiger charge is 2.38. The molecule has 0 aliphatic carbocycles. The van der Waals surface area contributed by atoms with Crippen LogP contribution in [0.25, 0.3) is 0 Å². The third-order valence-corrected chi connectivity index (χ3v) is 5.24. The number of amides is 1. The summed E-state index contributed by atoms with van der Waals surface area (Å²) in [6, 6.07) is 2.57.